The van der Waals surface area contributed by atoms with Crippen molar-refractivity contribution in [3.05, 3.63) is 131 Å². The van der Waals surface area contributed by atoms with Crippen LogP contribution in [-0.2, 0) is 10.8 Å². The van der Waals surface area contributed by atoms with Gasteiger partial charge in [-0.25, -0.2) is 0 Å². The van der Waals surface area contributed by atoms with Gasteiger partial charge in [-0.15, -0.1) is 0 Å². The van der Waals surface area contributed by atoms with Crippen molar-refractivity contribution >= 4 is 32.7 Å². The van der Waals surface area contributed by atoms with Gasteiger partial charge in [-0.2, -0.15) is 0 Å². The summed E-state index contributed by atoms with van der Waals surface area (Å²) in [6, 6.07) is 34.3. The third-order valence-corrected chi connectivity index (χ3v) is 9.94. The normalized spacial score (nSPS) is 19.9. The lowest BCUT2D eigenvalue weighted by Crippen LogP contribution is -2.25. The summed E-state index contributed by atoms with van der Waals surface area (Å²) < 4.78 is 0. The van der Waals surface area contributed by atoms with Gasteiger partial charge >= 0.3 is 0 Å². The van der Waals surface area contributed by atoms with Gasteiger partial charge < -0.3 is 0 Å². The second kappa shape index (κ2) is 7.35. The van der Waals surface area contributed by atoms with Crippen LogP contribution >= 0.6 is 0 Å². The number of hydrogen-bond donors (Lipinski definition) is 0. The van der Waals surface area contributed by atoms with Gasteiger partial charge in [0.1, 0.15) is 0 Å². The van der Waals surface area contributed by atoms with Gasteiger partial charge in [0.05, 0.1) is 0 Å². The summed E-state index contributed by atoms with van der Waals surface area (Å²) in [6.07, 6.45) is 5.91. The molecule has 0 aromatic heterocycles. The SMILES string of the molecule is CC1(C)c2cccc3ccc4cc(C5=CC=C6c7ccc(-c8ccccc8)cc7C(C)(C)C6C5)cc1c4c23. The first kappa shape index (κ1) is 22.1. The molecule has 38 heavy (non-hydrogen) atoms. The Labute approximate surface area is 225 Å². The van der Waals surface area contributed by atoms with Crippen LogP contribution in [0.25, 0.3) is 43.8 Å². The Kier molecular flexibility index (Phi) is 4.28. The lowest BCUT2D eigenvalue weighted by Gasteiger charge is -2.32. The molecule has 5 aromatic rings. The molecule has 0 aliphatic heterocycles. The van der Waals surface area contributed by atoms with Crippen molar-refractivity contribution < 1.29 is 0 Å². The maximum absolute atomic E-state index is 2.51. The molecule has 5 aromatic carbocycles. The minimum absolute atomic E-state index is 0.0182. The Hall–Kier alpha value is -3.90. The van der Waals surface area contributed by atoms with Gasteiger partial charge in [0.15, 0.2) is 0 Å². The van der Waals surface area contributed by atoms with E-state index in [2.05, 4.69) is 131 Å². The lowest BCUT2D eigenvalue weighted by molar-refractivity contribution is 0.418. The van der Waals surface area contributed by atoms with E-state index >= 15 is 0 Å². The minimum atomic E-state index is 0.0182. The monoisotopic (exact) mass is 488 g/mol. The summed E-state index contributed by atoms with van der Waals surface area (Å²) in [5.41, 5.74) is 12.9. The van der Waals surface area contributed by atoms with E-state index in [-0.39, 0.29) is 10.8 Å². The van der Waals surface area contributed by atoms with Crippen molar-refractivity contribution in [2.45, 2.75) is 44.9 Å². The maximum atomic E-state index is 2.51. The van der Waals surface area contributed by atoms with Crippen molar-refractivity contribution in [1.82, 2.24) is 0 Å². The largest absolute Gasteiger partial charge is 0.0622 e. The average Bonchev–Trinajstić information content (AvgIpc) is 3.32. The Bertz CT molecular complexity index is 1880. The van der Waals surface area contributed by atoms with Crippen molar-refractivity contribution in [3.63, 3.8) is 0 Å². The zero-order valence-electron chi connectivity index (χ0n) is 22.6. The van der Waals surface area contributed by atoms with E-state index in [0.717, 1.165) is 6.42 Å². The molecule has 0 radical (unpaired) electrons. The quantitative estimate of drug-likeness (QED) is 0.217. The average molecular weight is 489 g/mol. The molecule has 0 saturated carbocycles. The molecular weight excluding hydrogens is 456 g/mol. The fourth-order valence-electron chi connectivity index (χ4n) is 7.75. The molecular formula is C38H32. The van der Waals surface area contributed by atoms with Crippen LogP contribution < -0.4 is 0 Å². The molecule has 0 spiro atoms. The van der Waals surface area contributed by atoms with Crippen LogP contribution in [-0.4, -0.2) is 0 Å². The highest BCUT2D eigenvalue weighted by atomic mass is 14.5. The number of allylic oxidation sites excluding steroid dienone is 4. The fourth-order valence-corrected chi connectivity index (χ4v) is 7.75. The summed E-state index contributed by atoms with van der Waals surface area (Å²) >= 11 is 0. The van der Waals surface area contributed by atoms with Crippen LogP contribution in [0.4, 0.5) is 0 Å². The topological polar surface area (TPSA) is 0 Å². The van der Waals surface area contributed by atoms with Crippen LogP contribution in [0.15, 0.2) is 103 Å². The number of hydrogen-bond acceptors (Lipinski definition) is 0. The Morgan fingerprint density at radius 1 is 0.579 bits per heavy atom. The first-order chi connectivity index (χ1) is 18.3. The highest BCUT2D eigenvalue weighted by Gasteiger charge is 2.44. The van der Waals surface area contributed by atoms with Crippen molar-refractivity contribution in [1.29, 1.82) is 0 Å². The number of fused-ring (bicyclic) bond motifs is 3. The van der Waals surface area contributed by atoms with Gasteiger partial charge in [-0.3, -0.25) is 0 Å². The Morgan fingerprint density at radius 3 is 2.18 bits per heavy atom. The minimum Gasteiger partial charge on any atom is -0.0622 e. The van der Waals surface area contributed by atoms with Crippen molar-refractivity contribution in [3.8, 4) is 11.1 Å². The van der Waals surface area contributed by atoms with E-state index in [4.69, 9.17) is 0 Å². The van der Waals surface area contributed by atoms with Crippen molar-refractivity contribution in [2.75, 3.05) is 0 Å². The predicted molar refractivity (Wildman–Crippen MR) is 163 cm³/mol. The van der Waals surface area contributed by atoms with Crippen LogP contribution in [0.1, 0.15) is 61.9 Å². The molecule has 0 bridgehead atoms. The molecule has 3 aliphatic rings. The second-order valence-electron chi connectivity index (χ2n) is 12.6. The Morgan fingerprint density at radius 2 is 1.34 bits per heavy atom. The molecule has 1 unspecified atom stereocenters. The summed E-state index contributed by atoms with van der Waals surface area (Å²) in [5, 5.41) is 5.65. The van der Waals surface area contributed by atoms with E-state index in [9.17, 15) is 0 Å². The zero-order valence-corrected chi connectivity index (χ0v) is 22.6. The lowest BCUT2D eigenvalue weighted by atomic mass is 9.71. The van der Waals surface area contributed by atoms with Gasteiger partial charge in [0, 0.05) is 5.41 Å². The molecule has 0 nitrogen and oxygen atoms in total. The number of rotatable bonds is 2. The van der Waals surface area contributed by atoms with Crippen LogP contribution in [0.2, 0.25) is 0 Å². The summed E-state index contributed by atoms with van der Waals surface area (Å²) in [7, 11) is 0. The standard InChI is InChI=1S/C38H32/c1-37(2)31-12-8-11-24-13-14-27-19-28(22-34(37)36(27)35(24)31)26-16-18-30-29-17-15-25(23-9-6-5-7-10-23)20-32(29)38(3,4)33(30)21-26/h5-20,22,33H,21H2,1-4H3. The first-order valence-electron chi connectivity index (χ1n) is 14.0. The van der Waals surface area contributed by atoms with E-state index in [1.165, 1.54) is 71.6 Å². The van der Waals surface area contributed by atoms with Gasteiger partial charge in [0.2, 0.25) is 0 Å². The third kappa shape index (κ3) is 2.81. The van der Waals surface area contributed by atoms with Crippen LogP contribution in [0.5, 0.6) is 0 Å². The molecule has 0 fully saturated rings. The summed E-state index contributed by atoms with van der Waals surface area (Å²) in [5.74, 6) is 0.487. The molecule has 8 rings (SSSR count). The smallest absolute Gasteiger partial charge is 0.0159 e. The molecule has 0 saturated heterocycles. The third-order valence-electron chi connectivity index (χ3n) is 9.94. The molecule has 1 atom stereocenters. The Balaban J connectivity index is 1.24. The molecule has 0 amide bonds. The summed E-state index contributed by atoms with van der Waals surface area (Å²) in [6.45, 7) is 9.69. The second-order valence-corrected chi connectivity index (χ2v) is 12.6. The predicted octanol–water partition coefficient (Wildman–Crippen LogP) is 10.1. The highest BCUT2D eigenvalue weighted by Crippen LogP contribution is 2.56. The van der Waals surface area contributed by atoms with E-state index < -0.39 is 0 Å². The molecule has 0 heteroatoms. The maximum Gasteiger partial charge on any atom is 0.0159 e. The van der Waals surface area contributed by atoms with E-state index in [1.54, 1.807) is 0 Å². The van der Waals surface area contributed by atoms with E-state index in [1.807, 2.05) is 0 Å². The van der Waals surface area contributed by atoms with Crippen molar-refractivity contribution in [2.24, 2.45) is 5.92 Å². The molecule has 0 heterocycles. The van der Waals surface area contributed by atoms with Crippen LogP contribution in [0, 0.1) is 5.92 Å². The van der Waals surface area contributed by atoms with Gasteiger partial charge in [-0.05, 0) is 108 Å². The highest BCUT2D eigenvalue weighted by molar-refractivity contribution is 6.15. The van der Waals surface area contributed by atoms with Crippen LogP contribution in [0.3, 0.4) is 0 Å². The van der Waals surface area contributed by atoms with Gasteiger partial charge in [-0.1, -0.05) is 113 Å². The first-order valence-corrected chi connectivity index (χ1v) is 14.0. The molecule has 3 aliphatic carbocycles. The molecule has 184 valence electrons. The fraction of sp³-hybridized carbons (Fsp3) is 0.211. The van der Waals surface area contributed by atoms with E-state index in [0.29, 0.717) is 5.92 Å². The number of benzene rings is 5. The zero-order chi connectivity index (χ0) is 25.8. The molecule has 0 N–H and O–H groups in total. The summed E-state index contributed by atoms with van der Waals surface area (Å²) in [4.78, 5) is 0. The van der Waals surface area contributed by atoms with Gasteiger partial charge in [0.25, 0.3) is 0 Å².